The van der Waals surface area contributed by atoms with Crippen LogP contribution in [-0.4, -0.2) is 25.1 Å². The lowest BCUT2D eigenvalue weighted by atomic mass is 10.2. The maximum atomic E-state index is 12.7. The van der Waals surface area contributed by atoms with Crippen molar-refractivity contribution in [2.75, 3.05) is 12.4 Å². The molecule has 0 radical (unpaired) electrons. The molecule has 0 aliphatic rings. The van der Waals surface area contributed by atoms with Crippen molar-refractivity contribution < 1.29 is 32.2 Å². The Morgan fingerprint density at radius 2 is 1.73 bits per heavy atom. The van der Waals surface area contributed by atoms with Crippen LogP contribution in [0.4, 0.5) is 18.9 Å². The second-order valence-electron chi connectivity index (χ2n) is 5.34. The van der Waals surface area contributed by atoms with Crippen LogP contribution in [0, 0.1) is 0 Å². The summed E-state index contributed by atoms with van der Waals surface area (Å²) in [5.74, 6) is -0.794. The number of hydrogen-bond acceptors (Lipinski definition) is 4. The number of benzene rings is 2. The van der Waals surface area contributed by atoms with Gasteiger partial charge in [-0.3, -0.25) is 4.79 Å². The Labute approximate surface area is 147 Å². The van der Waals surface area contributed by atoms with Crippen molar-refractivity contribution in [1.82, 2.24) is 0 Å². The number of hydrogen-bond donors (Lipinski definition) is 1. The summed E-state index contributed by atoms with van der Waals surface area (Å²) in [6.07, 6.45) is -5.46. The predicted molar refractivity (Wildman–Crippen MR) is 87.9 cm³/mol. The fraction of sp³-hybridized carbons (Fsp3) is 0.222. The monoisotopic (exact) mass is 367 g/mol. The van der Waals surface area contributed by atoms with Gasteiger partial charge in [0.1, 0.15) is 5.75 Å². The van der Waals surface area contributed by atoms with Gasteiger partial charge < -0.3 is 14.8 Å². The highest BCUT2D eigenvalue weighted by molar-refractivity contribution is 5.94. The average Bonchev–Trinajstić information content (AvgIpc) is 2.61. The summed E-state index contributed by atoms with van der Waals surface area (Å²) in [6.45, 7) is 1.46. The molecule has 2 aromatic rings. The van der Waals surface area contributed by atoms with Gasteiger partial charge in [0.05, 0.1) is 18.2 Å². The van der Waals surface area contributed by atoms with Gasteiger partial charge >= 0.3 is 12.1 Å². The van der Waals surface area contributed by atoms with E-state index >= 15 is 0 Å². The molecule has 0 unspecified atom stereocenters. The minimum Gasteiger partial charge on any atom is -0.481 e. The molecule has 0 bridgehead atoms. The first-order chi connectivity index (χ1) is 12.2. The first-order valence-corrected chi connectivity index (χ1v) is 7.54. The van der Waals surface area contributed by atoms with Crippen LogP contribution < -0.4 is 10.1 Å². The van der Waals surface area contributed by atoms with Gasteiger partial charge in [-0.1, -0.05) is 6.07 Å². The van der Waals surface area contributed by atoms with E-state index in [0.717, 1.165) is 12.1 Å². The van der Waals surface area contributed by atoms with E-state index in [1.807, 2.05) is 0 Å². The maximum Gasteiger partial charge on any atom is 0.416 e. The zero-order chi connectivity index (χ0) is 19.3. The molecule has 0 saturated carbocycles. The molecule has 1 atom stereocenters. The Morgan fingerprint density at radius 1 is 1.08 bits per heavy atom. The minimum absolute atomic E-state index is 0.0151. The summed E-state index contributed by atoms with van der Waals surface area (Å²) >= 11 is 0. The summed E-state index contributed by atoms with van der Waals surface area (Å²) in [4.78, 5) is 23.5. The number of alkyl halides is 3. The number of amides is 1. The molecule has 0 aromatic heterocycles. The molecule has 1 N–H and O–H groups in total. The highest BCUT2D eigenvalue weighted by Crippen LogP contribution is 2.30. The van der Waals surface area contributed by atoms with Gasteiger partial charge in [-0.25, -0.2) is 4.79 Å². The summed E-state index contributed by atoms with van der Waals surface area (Å²) < 4.78 is 48.1. The Hall–Kier alpha value is -3.03. The molecule has 138 valence electrons. The summed E-state index contributed by atoms with van der Waals surface area (Å²) in [6, 6.07) is 10.2. The van der Waals surface area contributed by atoms with Crippen LogP contribution in [0.25, 0.3) is 0 Å². The summed E-state index contributed by atoms with van der Waals surface area (Å²) in [5.41, 5.74) is -0.524. The lowest BCUT2D eigenvalue weighted by molar-refractivity contribution is -0.137. The van der Waals surface area contributed by atoms with Crippen molar-refractivity contribution in [2.24, 2.45) is 0 Å². The molecular formula is C18H16F3NO4. The lowest BCUT2D eigenvalue weighted by Crippen LogP contribution is -2.30. The second-order valence-corrected chi connectivity index (χ2v) is 5.34. The van der Waals surface area contributed by atoms with E-state index in [1.54, 1.807) is 0 Å². The van der Waals surface area contributed by atoms with E-state index in [0.29, 0.717) is 11.3 Å². The van der Waals surface area contributed by atoms with Crippen LogP contribution in [0.3, 0.4) is 0 Å². The van der Waals surface area contributed by atoms with Crippen LogP contribution in [0.2, 0.25) is 0 Å². The van der Waals surface area contributed by atoms with Gasteiger partial charge in [-0.15, -0.1) is 0 Å². The number of rotatable bonds is 5. The molecule has 2 rings (SSSR count). The van der Waals surface area contributed by atoms with Crippen molar-refractivity contribution in [1.29, 1.82) is 0 Å². The zero-order valence-corrected chi connectivity index (χ0v) is 14.0. The predicted octanol–water partition coefficient (Wildman–Crippen LogP) is 3.90. The Morgan fingerprint density at radius 3 is 2.31 bits per heavy atom. The molecule has 0 aliphatic heterocycles. The summed E-state index contributed by atoms with van der Waals surface area (Å²) in [7, 11) is 1.26. The Balaban J connectivity index is 2.00. The highest BCUT2D eigenvalue weighted by Gasteiger charge is 2.30. The van der Waals surface area contributed by atoms with Crippen molar-refractivity contribution in [3.05, 3.63) is 59.7 Å². The van der Waals surface area contributed by atoms with E-state index < -0.39 is 29.7 Å². The van der Waals surface area contributed by atoms with Gasteiger partial charge in [-0.2, -0.15) is 13.2 Å². The molecule has 0 spiro atoms. The number of nitrogens with one attached hydrogen (secondary N) is 1. The van der Waals surface area contributed by atoms with Gasteiger partial charge in [0.25, 0.3) is 5.91 Å². The molecule has 0 heterocycles. The normalized spacial score (nSPS) is 12.2. The molecule has 0 aliphatic carbocycles. The van der Waals surface area contributed by atoms with E-state index in [1.165, 1.54) is 50.4 Å². The maximum absolute atomic E-state index is 12.7. The van der Waals surface area contributed by atoms with Crippen molar-refractivity contribution in [3.8, 4) is 5.75 Å². The number of esters is 1. The zero-order valence-electron chi connectivity index (χ0n) is 14.0. The van der Waals surface area contributed by atoms with Gasteiger partial charge in [0.15, 0.2) is 6.10 Å². The van der Waals surface area contributed by atoms with Crippen LogP contribution in [-0.2, 0) is 15.7 Å². The molecule has 5 nitrogen and oxygen atoms in total. The molecule has 0 fully saturated rings. The molecule has 26 heavy (non-hydrogen) atoms. The van der Waals surface area contributed by atoms with Crippen LogP contribution in [0.1, 0.15) is 22.8 Å². The third kappa shape index (κ3) is 4.98. The van der Waals surface area contributed by atoms with Crippen LogP contribution >= 0.6 is 0 Å². The molecule has 0 saturated heterocycles. The second kappa shape index (κ2) is 7.90. The van der Waals surface area contributed by atoms with Crippen molar-refractivity contribution in [2.45, 2.75) is 19.2 Å². The number of methoxy groups -OCH3 is 1. The third-order valence-corrected chi connectivity index (χ3v) is 3.41. The summed E-state index contributed by atoms with van der Waals surface area (Å²) in [5, 5.41) is 2.38. The smallest absolute Gasteiger partial charge is 0.416 e. The molecule has 2 aromatic carbocycles. The SMILES string of the molecule is COC(=O)c1ccc(O[C@H](C)C(=O)Nc2cccc(C(F)(F)F)c2)cc1. The standard InChI is InChI=1S/C18H16F3NO4/c1-11(26-15-8-6-12(7-9-15)17(24)25-2)16(23)22-14-5-3-4-13(10-14)18(19,20)21/h3-11H,1-2H3,(H,22,23)/t11-/m1/s1. The largest absolute Gasteiger partial charge is 0.481 e. The highest BCUT2D eigenvalue weighted by atomic mass is 19.4. The Kier molecular flexibility index (Phi) is 5.86. The number of anilines is 1. The first kappa shape index (κ1) is 19.3. The fourth-order valence-corrected chi connectivity index (χ4v) is 2.06. The topological polar surface area (TPSA) is 64.6 Å². The van der Waals surface area contributed by atoms with Crippen molar-refractivity contribution in [3.63, 3.8) is 0 Å². The van der Waals surface area contributed by atoms with Crippen LogP contribution in [0.15, 0.2) is 48.5 Å². The number of carbonyl (C=O) groups is 2. The number of carbonyl (C=O) groups excluding carboxylic acids is 2. The van der Waals surface area contributed by atoms with Gasteiger partial charge in [-0.05, 0) is 49.4 Å². The van der Waals surface area contributed by atoms with Gasteiger partial charge in [0.2, 0.25) is 0 Å². The third-order valence-electron chi connectivity index (χ3n) is 3.41. The van der Waals surface area contributed by atoms with Crippen molar-refractivity contribution >= 4 is 17.6 Å². The van der Waals surface area contributed by atoms with Gasteiger partial charge in [0, 0.05) is 5.69 Å². The number of ether oxygens (including phenoxy) is 2. The van der Waals surface area contributed by atoms with E-state index in [4.69, 9.17) is 4.74 Å². The fourth-order valence-electron chi connectivity index (χ4n) is 2.06. The molecular weight excluding hydrogens is 351 g/mol. The van der Waals surface area contributed by atoms with E-state index in [-0.39, 0.29) is 5.69 Å². The first-order valence-electron chi connectivity index (χ1n) is 7.54. The molecule has 8 heteroatoms. The quantitative estimate of drug-likeness (QED) is 0.814. The number of halogens is 3. The minimum atomic E-state index is -4.50. The average molecular weight is 367 g/mol. The van der Waals surface area contributed by atoms with Crippen LogP contribution in [0.5, 0.6) is 5.75 Å². The van der Waals surface area contributed by atoms with E-state index in [9.17, 15) is 22.8 Å². The van der Waals surface area contributed by atoms with E-state index in [2.05, 4.69) is 10.1 Å². The Bertz CT molecular complexity index is 788. The lowest BCUT2D eigenvalue weighted by Gasteiger charge is -2.15. The molecule has 1 amide bonds.